The SMILES string of the molecule is CN(CCc1ccc2c(c1)CCO2)C(C)(C)CCN. The van der Waals surface area contributed by atoms with Crippen LogP contribution in [-0.4, -0.2) is 37.2 Å². The van der Waals surface area contributed by atoms with E-state index in [2.05, 4.69) is 44.0 Å². The van der Waals surface area contributed by atoms with Gasteiger partial charge in [-0.15, -0.1) is 0 Å². The Hall–Kier alpha value is -1.06. The lowest BCUT2D eigenvalue weighted by Gasteiger charge is -2.35. The highest BCUT2D eigenvalue weighted by molar-refractivity contribution is 5.39. The molecule has 1 aromatic carbocycles. The van der Waals surface area contributed by atoms with Crippen molar-refractivity contribution in [1.82, 2.24) is 4.90 Å². The van der Waals surface area contributed by atoms with Crippen molar-refractivity contribution >= 4 is 0 Å². The lowest BCUT2D eigenvalue weighted by molar-refractivity contribution is 0.150. The summed E-state index contributed by atoms with van der Waals surface area (Å²) in [4.78, 5) is 2.41. The lowest BCUT2D eigenvalue weighted by atomic mass is 9.98. The first kappa shape index (κ1) is 14.4. The van der Waals surface area contributed by atoms with Gasteiger partial charge < -0.3 is 15.4 Å². The van der Waals surface area contributed by atoms with Gasteiger partial charge in [0, 0.05) is 18.5 Å². The molecule has 106 valence electrons. The fraction of sp³-hybridized carbons (Fsp3) is 0.625. The van der Waals surface area contributed by atoms with E-state index in [1.165, 1.54) is 11.1 Å². The van der Waals surface area contributed by atoms with Crippen LogP contribution in [0.15, 0.2) is 18.2 Å². The topological polar surface area (TPSA) is 38.5 Å². The minimum atomic E-state index is 0.175. The molecule has 0 fully saturated rings. The third kappa shape index (κ3) is 3.48. The molecule has 0 aliphatic carbocycles. The molecule has 3 nitrogen and oxygen atoms in total. The molecule has 2 N–H and O–H groups in total. The molecule has 0 spiro atoms. The van der Waals surface area contributed by atoms with Crippen molar-refractivity contribution in [2.45, 2.75) is 38.6 Å². The minimum absolute atomic E-state index is 0.175. The molecule has 0 unspecified atom stereocenters. The summed E-state index contributed by atoms with van der Waals surface area (Å²) in [6.45, 7) is 7.16. The van der Waals surface area contributed by atoms with Crippen LogP contribution in [0.4, 0.5) is 0 Å². The van der Waals surface area contributed by atoms with Crippen LogP contribution < -0.4 is 10.5 Å². The molecule has 1 aliphatic rings. The monoisotopic (exact) mass is 262 g/mol. The van der Waals surface area contributed by atoms with Gasteiger partial charge in [-0.1, -0.05) is 12.1 Å². The van der Waals surface area contributed by atoms with E-state index in [0.717, 1.165) is 44.7 Å². The van der Waals surface area contributed by atoms with Crippen molar-refractivity contribution in [3.8, 4) is 5.75 Å². The van der Waals surface area contributed by atoms with Crippen LogP contribution in [-0.2, 0) is 12.8 Å². The molecule has 0 atom stereocenters. The molecule has 2 rings (SSSR count). The number of hydrogen-bond donors (Lipinski definition) is 1. The predicted octanol–water partition coefficient (Wildman–Crippen LogP) is 2.22. The fourth-order valence-electron chi connectivity index (χ4n) is 2.54. The smallest absolute Gasteiger partial charge is 0.122 e. The highest BCUT2D eigenvalue weighted by Crippen LogP contribution is 2.26. The zero-order chi connectivity index (χ0) is 13.9. The van der Waals surface area contributed by atoms with Crippen molar-refractivity contribution < 1.29 is 4.74 Å². The number of ether oxygens (including phenoxy) is 1. The number of nitrogens with zero attached hydrogens (tertiary/aromatic N) is 1. The Morgan fingerprint density at radius 1 is 1.37 bits per heavy atom. The molecule has 1 aliphatic heterocycles. The van der Waals surface area contributed by atoms with E-state index in [1.54, 1.807) is 0 Å². The van der Waals surface area contributed by atoms with Gasteiger partial charge in [-0.2, -0.15) is 0 Å². The minimum Gasteiger partial charge on any atom is -0.493 e. The van der Waals surface area contributed by atoms with Crippen molar-refractivity contribution in [2.24, 2.45) is 5.73 Å². The largest absolute Gasteiger partial charge is 0.493 e. The normalized spacial score (nSPS) is 14.6. The molecule has 1 heterocycles. The van der Waals surface area contributed by atoms with Crippen LogP contribution in [0.25, 0.3) is 0 Å². The summed E-state index contributed by atoms with van der Waals surface area (Å²) in [6, 6.07) is 6.60. The molecular weight excluding hydrogens is 236 g/mol. The number of rotatable bonds is 6. The van der Waals surface area contributed by atoms with Crippen molar-refractivity contribution in [3.63, 3.8) is 0 Å². The second-order valence-electron chi connectivity index (χ2n) is 6.06. The van der Waals surface area contributed by atoms with Gasteiger partial charge in [-0.25, -0.2) is 0 Å². The lowest BCUT2D eigenvalue weighted by Crippen LogP contribution is -2.43. The number of benzene rings is 1. The Kier molecular flexibility index (Phi) is 4.48. The van der Waals surface area contributed by atoms with Gasteiger partial charge in [0.25, 0.3) is 0 Å². The zero-order valence-electron chi connectivity index (χ0n) is 12.4. The van der Waals surface area contributed by atoms with Crippen LogP contribution in [0.3, 0.4) is 0 Å². The van der Waals surface area contributed by atoms with Crippen LogP contribution in [0.1, 0.15) is 31.4 Å². The second kappa shape index (κ2) is 5.93. The number of fused-ring (bicyclic) bond motifs is 1. The van der Waals surface area contributed by atoms with E-state index in [4.69, 9.17) is 10.5 Å². The van der Waals surface area contributed by atoms with Gasteiger partial charge in [0.2, 0.25) is 0 Å². The average Bonchev–Trinajstić information content (AvgIpc) is 2.83. The molecule has 19 heavy (non-hydrogen) atoms. The summed E-state index contributed by atoms with van der Waals surface area (Å²) in [5, 5.41) is 0. The molecule has 0 saturated carbocycles. The maximum Gasteiger partial charge on any atom is 0.122 e. The van der Waals surface area contributed by atoms with E-state index < -0.39 is 0 Å². The quantitative estimate of drug-likeness (QED) is 0.854. The van der Waals surface area contributed by atoms with Gasteiger partial charge in [0.05, 0.1) is 6.61 Å². The first-order valence-corrected chi connectivity index (χ1v) is 7.19. The molecule has 0 saturated heterocycles. The maximum atomic E-state index is 5.68. The van der Waals surface area contributed by atoms with Crippen LogP contribution in [0.2, 0.25) is 0 Å². The second-order valence-corrected chi connectivity index (χ2v) is 6.06. The van der Waals surface area contributed by atoms with Gasteiger partial charge in [-0.05, 0) is 57.5 Å². The summed E-state index contributed by atoms with van der Waals surface area (Å²) in [5.74, 6) is 1.07. The third-order valence-electron chi connectivity index (χ3n) is 4.28. The van der Waals surface area contributed by atoms with Crippen molar-refractivity contribution in [2.75, 3.05) is 26.7 Å². The summed E-state index contributed by atoms with van der Waals surface area (Å²) in [5.41, 5.74) is 8.62. The Bertz CT molecular complexity index is 429. The first-order valence-electron chi connectivity index (χ1n) is 7.19. The van der Waals surface area contributed by atoms with Crippen molar-refractivity contribution in [1.29, 1.82) is 0 Å². The molecule has 1 aromatic rings. The molecule has 3 heteroatoms. The van der Waals surface area contributed by atoms with Gasteiger partial charge in [0.1, 0.15) is 5.75 Å². The van der Waals surface area contributed by atoms with E-state index in [9.17, 15) is 0 Å². The first-order chi connectivity index (χ1) is 9.03. The molecule has 0 bridgehead atoms. The van der Waals surface area contributed by atoms with E-state index in [0.29, 0.717) is 0 Å². The van der Waals surface area contributed by atoms with E-state index in [1.807, 2.05) is 0 Å². The number of hydrogen-bond acceptors (Lipinski definition) is 3. The van der Waals surface area contributed by atoms with Gasteiger partial charge >= 0.3 is 0 Å². The van der Waals surface area contributed by atoms with Gasteiger partial charge in [0.15, 0.2) is 0 Å². The maximum absolute atomic E-state index is 5.68. The summed E-state index contributed by atoms with van der Waals surface area (Å²) < 4.78 is 5.54. The van der Waals surface area contributed by atoms with E-state index in [-0.39, 0.29) is 5.54 Å². The molecular formula is C16H26N2O. The Labute approximate surface area is 116 Å². The number of likely N-dealkylation sites (N-methyl/N-ethyl adjacent to an activating group) is 1. The fourth-order valence-corrected chi connectivity index (χ4v) is 2.54. The molecule has 0 aromatic heterocycles. The van der Waals surface area contributed by atoms with E-state index >= 15 is 0 Å². The summed E-state index contributed by atoms with van der Waals surface area (Å²) in [7, 11) is 2.19. The highest BCUT2D eigenvalue weighted by atomic mass is 16.5. The molecule has 0 amide bonds. The standard InChI is InChI=1S/C16H26N2O/c1-16(2,8-9-17)18(3)10-6-13-4-5-15-14(12-13)7-11-19-15/h4-5,12H,6-11,17H2,1-3H3. The Morgan fingerprint density at radius 3 is 2.89 bits per heavy atom. The molecule has 0 radical (unpaired) electrons. The van der Waals surface area contributed by atoms with Gasteiger partial charge in [-0.3, -0.25) is 0 Å². The summed E-state index contributed by atoms with van der Waals surface area (Å²) >= 11 is 0. The highest BCUT2D eigenvalue weighted by Gasteiger charge is 2.22. The average molecular weight is 262 g/mol. The summed E-state index contributed by atoms with van der Waals surface area (Å²) in [6.07, 6.45) is 3.16. The zero-order valence-corrected chi connectivity index (χ0v) is 12.4. The van der Waals surface area contributed by atoms with Crippen LogP contribution >= 0.6 is 0 Å². The van der Waals surface area contributed by atoms with Crippen LogP contribution in [0.5, 0.6) is 5.75 Å². The van der Waals surface area contributed by atoms with Crippen LogP contribution in [0, 0.1) is 0 Å². The Balaban J connectivity index is 1.92. The third-order valence-corrected chi connectivity index (χ3v) is 4.28. The Morgan fingerprint density at radius 2 is 2.16 bits per heavy atom. The van der Waals surface area contributed by atoms with Crippen molar-refractivity contribution in [3.05, 3.63) is 29.3 Å². The number of nitrogens with two attached hydrogens (primary N) is 1. The predicted molar refractivity (Wildman–Crippen MR) is 79.7 cm³/mol.